The average molecular weight is 129 g/mol. The molecule has 0 aliphatic heterocycles. The lowest BCUT2D eigenvalue weighted by molar-refractivity contribution is -0.0667. The van der Waals surface area contributed by atoms with Gasteiger partial charge in [0.15, 0.2) is 6.29 Å². The molecule has 2 heteroatoms. The summed E-state index contributed by atoms with van der Waals surface area (Å²) in [5, 5.41) is 0. The van der Waals surface area contributed by atoms with Crippen LogP contribution < -0.4 is 0 Å². The van der Waals surface area contributed by atoms with Crippen molar-refractivity contribution in [3.05, 3.63) is 19.1 Å². The summed E-state index contributed by atoms with van der Waals surface area (Å²) in [6.45, 7) is 3.63. The smallest absolute Gasteiger partial charge is 0.176 e. The lowest BCUT2D eigenvalue weighted by Crippen LogP contribution is -2.08. The second-order valence-corrected chi connectivity index (χ2v) is 1.56. The van der Waals surface area contributed by atoms with Crippen molar-refractivity contribution in [3.8, 4) is 0 Å². The molecule has 0 unspecified atom stereocenters. The van der Waals surface area contributed by atoms with Gasteiger partial charge in [0.25, 0.3) is 0 Å². The molecule has 0 aromatic carbocycles. The molecule has 0 aromatic heterocycles. The van der Waals surface area contributed by atoms with E-state index < -0.39 is 0 Å². The van der Waals surface area contributed by atoms with Crippen LogP contribution in [0.15, 0.2) is 12.2 Å². The Morgan fingerprint density at radius 2 is 2.00 bits per heavy atom. The van der Waals surface area contributed by atoms with Crippen LogP contribution in [0.25, 0.3) is 0 Å². The van der Waals surface area contributed by atoms with E-state index in [0.29, 0.717) is 0 Å². The van der Waals surface area contributed by atoms with Crippen molar-refractivity contribution in [1.82, 2.24) is 0 Å². The second-order valence-electron chi connectivity index (χ2n) is 1.56. The minimum atomic E-state index is -0.216. The maximum absolute atomic E-state index is 4.86. The van der Waals surface area contributed by atoms with E-state index in [0.717, 1.165) is 6.42 Å². The predicted molar refractivity (Wildman–Crippen MR) is 36.9 cm³/mol. The standard InChI is InChI=1S/C7H13O2/c1-4-5-6-7(8-2)9-3/h5-7H,1,4H2,2-3H3/b6-5-. The molecule has 0 atom stereocenters. The Morgan fingerprint density at radius 3 is 2.33 bits per heavy atom. The Labute approximate surface area is 56.5 Å². The topological polar surface area (TPSA) is 18.5 Å². The highest BCUT2D eigenvalue weighted by molar-refractivity contribution is 4.85. The van der Waals surface area contributed by atoms with Gasteiger partial charge in [-0.15, -0.1) is 0 Å². The Balaban J connectivity index is 3.41. The molecule has 0 rings (SSSR count). The zero-order valence-corrected chi connectivity index (χ0v) is 5.96. The summed E-state index contributed by atoms with van der Waals surface area (Å²) in [7, 11) is 3.20. The minimum absolute atomic E-state index is 0.216. The summed E-state index contributed by atoms with van der Waals surface area (Å²) in [6.07, 6.45) is 4.28. The van der Waals surface area contributed by atoms with Crippen LogP contribution in [-0.4, -0.2) is 20.5 Å². The first-order valence-corrected chi connectivity index (χ1v) is 2.86. The van der Waals surface area contributed by atoms with Gasteiger partial charge < -0.3 is 9.47 Å². The number of rotatable bonds is 4. The summed E-state index contributed by atoms with van der Waals surface area (Å²) in [5.74, 6) is 0. The van der Waals surface area contributed by atoms with Crippen molar-refractivity contribution in [2.75, 3.05) is 14.2 Å². The van der Waals surface area contributed by atoms with Gasteiger partial charge in [0, 0.05) is 14.2 Å². The summed E-state index contributed by atoms with van der Waals surface area (Å²) in [6, 6.07) is 0. The van der Waals surface area contributed by atoms with E-state index in [1.807, 2.05) is 12.2 Å². The van der Waals surface area contributed by atoms with E-state index in [2.05, 4.69) is 6.92 Å². The first-order valence-electron chi connectivity index (χ1n) is 2.86. The van der Waals surface area contributed by atoms with E-state index in [9.17, 15) is 0 Å². The molecule has 53 valence electrons. The molecular weight excluding hydrogens is 116 g/mol. The lowest BCUT2D eigenvalue weighted by atomic mass is 10.4. The minimum Gasteiger partial charge on any atom is -0.352 e. The molecule has 0 amide bonds. The molecule has 0 bridgehead atoms. The molecule has 0 heterocycles. The van der Waals surface area contributed by atoms with Crippen LogP contribution in [0.3, 0.4) is 0 Å². The molecular formula is C7H13O2. The normalized spacial score (nSPS) is 11.6. The van der Waals surface area contributed by atoms with Gasteiger partial charge in [-0.3, -0.25) is 0 Å². The highest BCUT2D eigenvalue weighted by Crippen LogP contribution is 1.92. The van der Waals surface area contributed by atoms with Crippen molar-refractivity contribution in [2.24, 2.45) is 0 Å². The van der Waals surface area contributed by atoms with E-state index >= 15 is 0 Å². The summed E-state index contributed by atoms with van der Waals surface area (Å²) in [5.41, 5.74) is 0. The van der Waals surface area contributed by atoms with Crippen LogP contribution in [0.2, 0.25) is 0 Å². The summed E-state index contributed by atoms with van der Waals surface area (Å²) < 4.78 is 9.73. The van der Waals surface area contributed by atoms with E-state index in [1.54, 1.807) is 14.2 Å². The van der Waals surface area contributed by atoms with Gasteiger partial charge in [0.1, 0.15) is 0 Å². The first-order chi connectivity index (χ1) is 4.35. The van der Waals surface area contributed by atoms with Crippen LogP contribution in [0.1, 0.15) is 6.42 Å². The van der Waals surface area contributed by atoms with Crippen LogP contribution >= 0.6 is 0 Å². The van der Waals surface area contributed by atoms with Gasteiger partial charge in [-0.2, -0.15) is 0 Å². The molecule has 1 radical (unpaired) electrons. The van der Waals surface area contributed by atoms with Crippen molar-refractivity contribution in [1.29, 1.82) is 0 Å². The molecule has 0 fully saturated rings. The third-order valence-corrected chi connectivity index (χ3v) is 0.924. The number of allylic oxidation sites excluding steroid dienone is 1. The molecule has 0 saturated heterocycles. The van der Waals surface area contributed by atoms with Crippen LogP contribution in [-0.2, 0) is 9.47 Å². The molecule has 0 aliphatic rings. The molecule has 0 aliphatic carbocycles. The van der Waals surface area contributed by atoms with Crippen LogP contribution in [0.4, 0.5) is 0 Å². The molecule has 0 saturated carbocycles. The third kappa shape index (κ3) is 4.18. The highest BCUT2D eigenvalue weighted by atomic mass is 16.7. The number of methoxy groups -OCH3 is 2. The van der Waals surface area contributed by atoms with Gasteiger partial charge in [0.05, 0.1) is 0 Å². The van der Waals surface area contributed by atoms with E-state index in [4.69, 9.17) is 9.47 Å². The van der Waals surface area contributed by atoms with Crippen molar-refractivity contribution >= 4 is 0 Å². The quantitative estimate of drug-likeness (QED) is 0.422. The maximum Gasteiger partial charge on any atom is 0.176 e. The molecule has 0 spiro atoms. The largest absolute Gasteiger partial charge is 0.352 e. The SMILES string of the molecule is [CH2]C/C=C\C(OC)OC. The highest BCUT2D eigenvalue weighted by Gasteiger charge is 1.94. The fourth-order valence-electron chi connectivity index (χ4n) is 0.461. The van der Waals surface area contributed by atoms with E-state index in [1.165, 1.54) is 0 Å². The zero-order valence-electron chi connectivity index (χ0n) is 5.96. The average Bonchev–Trinajstić information content (AvgIpc) is 1.91. The zero-order chi connectivity index (χ0) is 7.11. The fourth-order valence-corrected chi connectivity index (χ4v) is 0.461. The van der Waals surface area contributed by atoms with Gasteiger partial charge in [-0.05, 0) is 19.4 Å². The third-order valence-electron chi connectivity index (χ3n) is 0.924. The van der Waals surface area contributed by atoms with Gasteiger partial charge in [0.2, 0.25) is 0 Å². The van der Waals surface area contributed by atoms with E-state index in [-0.39, 0.29) is 6.29 Å². The lowest BCUT2D eigenvalue weighted by Gasteiger charge is -2.06. The van der Waals surface area contributed by atoms with Crippen LogP contribution in [0, 0.1) is 6.92 Å². The molecule has 0 aromatic rings. The Kier molecular flexibility index (Phi) is 5.57. The van der Waals surface area contributed by atoms with Crippen molar-refractivity contribution < 1.29 is 9.47 Å². The van der Waals surface area contributed by atoms with Crippen molar-refractivity contribution in [2.45, 2.75) is 12.7 Å². The maximum atomic E-state index is 4.86. The molecule has 0 N–H and O–H groups in total. The van der Waals surface area contributed by atoms with Crippen molar-refractivity contribution in [3.63, 3.8) is 0 Å². The number of hydrogen-bond acceptors (Lipinski definition) is 2. The number of hydrogen-bond donors (Lipinski definition) is 0. The Bertz CT molecular complexity index is 75.0. The van der Waals surface area contributed by atoms with Gasteiger partial charge in [-0.1, -0.05) is 6.08 Å². The Hall–Kier alpha value is -0.340. The second kappa shape index (κ2) is 5.79. The monoisotopic (exact) mass is 129 g/mol. The predicted octanol–water partition coefficient (Wildman–Crippen LogP) is 1.39. The fraction of sp³-hybridized carbons (Fsp3) is 0.571. The van der Waals surface area contributed by atoms with Gasteiger partial charge >= 0.3 is 0 Å². The first kappa shape index (κ1) is 8.66. The van der Waals surface area contributed by atoms with Crippen LogP contribution in [0.5, 0.6) is 0 Å². The summed E-state index contributed by atoms with van der Waals surface area (Å²) >= 11 is 0. The molecule has 9 heavy (non-hydrogen) atoms. The number of ether oxygens (including phenoxy) is 2. The summed E-state index contributed by atoms with van der Waals surface area (Å²) in [4.78, 5) is 0. The van der Waals surface area contributed by atoms with Gasteiger partial charge in [-0.25, -0.2) is 0 Å². The molecule has 2 nitrogen and oxygen atoms in total. The Morgan fingerprint density at radius 1 is 1.44 bits per heavy atom.